The molecule has 1 fully saturated rings. The molecule has 1 aliphatic rings. The molecule has 0 bridgehead atoms. The molecular weight excluding hydrogens is 188 g/mol. The summed E-state index contributed by atoms with van der Waals surface area (Å²) in [6.45, 7) is 3.32. The van der Waals surface area contributed by atoms with Gasteiger partial charge in [0.15, 0.2) is 0 Å². The highest BCUT2D eigenvalue weighted by molar-refractivity contribution is 4.85. The second kappa shape index (κ2) is 5.26. The minimum atomic E-state index is 0.507. The fourth-order valence-electron chi connectivity index (χ4n) is 2.38. The van der Waals surface area contributed by atoms with Crippen molar-refractivity contribution < 1.29 is 0 Å². The lowest BCUT2D eigenvalue weighted by atomic mass is 9.90. The molecule has 4 heteroatoms. The average Bonchev–Trinajstić information content (AvgIpc) is 2.80. The zero-order chi connectivity index (χ0) is 10.5. The van der Waals surface area contributed by atoms with E-state index >= 15 is 0 Å². The van der Waals surface area contributed by atoms with E-state index in [1.54, 1.807) is 6.33 Å². The topological polar surface area (TPSA) is 42.7 Å². The van der Waals surface area contributed by atoms with Gasteiger partial charge in [-0.2, -0.15) is 5.10 Å². The molecule has 2 atom stereocenters. The molecule has 1 aliphatic carbocycles. The van der Waals surface area contributed by atoms with Crippen molar-refractivity contribution in [2.24, 2.45) is 0 Å². The van der Waals surface area contributed by atoms with Gasteiger partial charge in [0.1, 0.15) is 12.7 Å². The van der Waals surface area contributed by atoms with E-state index in [9.17, 15) is 0 Å². The van der Waals surface area contributed by atoms with Gasteiger partial charge in [0.2, 0.25) is 0 Å². The lowest BCUT2D eigenvalue weighted by Crippen LogP contribution is -2.40. The van der Waals surface area contributed by atoms with Crippen LogP contribution in [0.25, 0.3) is 0 Å². The Kier molecular flexibility index (Phi) is 3.72. The molecule has 0 spiro atoms. The second-order valence-corrected chi connectivity index (χ2v) is 4.29. The molecule has 84 valence electrons. The highest BCUT2D eigenvalue weighted by atomic mass is 15.3. The Morgan fingerprint density at radius 1 is 1.40 bits per heavy atom. The van der Waals surface area contributed by atoms with Crippen LogP contribution in [0.2, 0.25) is 0 Å². The third-order valence-electron chi connectivity index (χ3n) is 3.16. The molecule has 0 radical (unpaired) electrons. The summed E-state index contributed by atoms with van der Waals surface area (Å²) in [5.74, 6) is 0. The lowest BCUT2D eigenvalue weighted by Gasteiger charge is -2.32. The second-order valence-electron chi connectivity index (χ2n) is 4.29. The van der Waals surface area contributed by atoms with Crippen molar-refractivity contribution in [3.8, 4) is 0 Å². The van der Waals surface area contributed by atoms with Crippen molar-refractivity contribution in [3.63, 3.8) is 0 Å². The number of nitrogens with one attached hydrogen (secondary N) is 1. The first-order valence-corrected chi connectivity index (χ1v) is 5.99. The van der Waals surface area contributed by atoms with Gasteiger partial charge in [-0.25, -0.2) is 9.67 Å². The van der Waals surface area contributed by atoms with Crippen molar-refractivity contribution in [1.29, 1.82) is 0 Å². The van der Waals surface area contributed by atoms with Gasteiger partial charge in [-0.15, -0.1) is 0 Å². The third kappa shape index (κ3) is 2.56. The van der Waals surface area contributed by atoms with E-state index in [2.05, 4.69) is 22.3 Å². The summed E-state index contributed by atoms with van der Waals surface area (Å²) in [5, 5.41) is 7.88. The quantitative estimate of drug-likeness (QED) is 0.820. The van der Waals surface area contributed by atoms with E-state index in [0.29, 0.717) is 12.1 Å². The van der Waals surface area contributed by atoms with Crippen LogP contribution in [0.1, 0.15) is 45.1 Å². The minimum Gasteiger partial charge on any atom is -0.312 e. The van der Waals surface area contributed by atoms with Crippen molar-refractivity contribution in [1.82, 2.24) is 20.1 Å². The Hall–Kier alpha value is -0.900. The molecule has 1 saturated carbocycles. The van der Waals surface area contributed by atoms with E-state index in [0.717, 1.165) is 6.54 Å². The summed E-state index contributed by atoms with van der Waals surface area (Å²) in [6, 6.07) is 1.09. The smallest absolute Gasteiger partial charge is 0.137 e. The maximum Gasteiger partial charge on any atom is 0.137 e. The summed E-state index contributed by atoms with van der Waals surface area (Å²) < 4.78 is 2.02. The maximum atomic E-state index is 4.26. The molecule has 2 rings (SSSR count). The normalized spacial score (nSPS) is 26.7. The maximum absolute atomic E-state index is 4.26. The van der Waals surface area contributed by atoms with E-state index < -0.39 is 0 Å². The van der Waals surface area contributed by atoms with Crippen LogP contribution in [0.4, 0.5) is 0 Å². The number of rotatable bonds is 4. The molecule has 15 heavy (non-hydrogen) atoms. The van der Waals surface area contributed by atoms with Crippen LogP contribution in [-0.4, -0.2) is 27.4 Å². The van der Waals surface area contributed by atoms with Crippen LogP contribution < -0.4 is 5.32 Å². The highest BCUT2D eigenvalue weighted by Crippen LogP contribution is 2.27. The SMILES string of the molecule is CCCNC1CCCCC1n1cncn1. The first kappa shape index (κ1) is 10.6. The van der Waals surface area contributed by atoms with E-state index in [1.165, 1.54) is 32.1 Å². The molecular formula is C11H20N4. The number of aromatic nitrogens is 3. The van der Waals surface area contributed by atoms with Crippen LogP contribution in [0.5, 0.6) is 0 Å². The van der Waals surface area contributed by atoms with Gasteiger partial charge >= 0.3 is 0 Å². The number of nitrogens with zero attached hydrogens (tertiary/aromatic N) is 3. The molecule has 1 N–H and O–H groups in total. The van der Waals surface area contributed by atoms with E-state index in [-0.39, 0.29) is 0 Å². The van der Waals surface area contributed by atoms with Gasteiger partial charge in [0.25, 0.3) is 0 Å². The minimum absolute atomic E-state index is 0.507. The molecule has 0 amide bonds. The fraction of sp³-hybridized carbons (Fsp3) is 0.818. The summed E-state index contributed by atoms with van der Waals surface area (Å²) >= 11 is 0. The summed E-state index contributed by atoms with van der Waals surface area (Å²) in [5.41, 5.74) is 0. The Morgan fingerprint density at radius 3 is 3.00 bits per heavy atom. The lowest BCUT2D eigenvalue weighted by molar-refractivity contribution is 0.247. The van der Waals surface area contributed by atoms with Crippen LogP contribution in [-0.2, 0) is 0 Å². The van der Waals surface area contributed by atoms with Crippen molar-refractivity contribution in [2.75, 3.05) is 6.54 Å². The zero-order valence-electron chi connectivity index (χ0n) is 9.39. The molecule has 1 heterocycles. The van der Waals surface area contributed by atoms with Gasteiger partial charge in [-0.05, 0) is 25.8 Å². The standard InChI is InChI=1S/C11H20N4/c1-2-7-13-10-5-3-4-6-11(10)15-9-12-8-14-15/h8-11,13H,2-7H2,1H3. The fourth-order valence-corrected chi connectivity index (χ4v) is 2.38. The van der Waals surface area contributed by atoms with Crippen molar-refractivity contribution in [3.05, 3.63) is 12.7 Å². The van der Waals surface area contributed by atoms with Gasteiger partial charge in [0.05, 0.1) is 6.04 Å². The van der Waals surface area contributed by atoms with Crippen LogP contribution in [0.15, 0.2) is 12.7 Å². The largest absolute Gasteiger partial charge is 0.312 e. The molecule has 1 aromatic rings. The summed E-state index contributed by atoms with van der Waals surface area (Å²) in [6.07, 6.45) is 9.82. The van der Waals surface area contributed by atoms with Crippen molar-refractivity contribution >= 4 is 0 Å². The number of hydrogen-bond donors (Lipinski definition) is 1. The predicted octanol–water partition coefficient (Wildman–Crippen LogP) is 1.76. The molecule has 1 aromatic heterocycles. The molecule has 4 nitrogen and oxygen atoms in total. The van der Waals surface area contributed by atoms with Gasteiger partial charge < -0.3 is 5.32 Å². The first-order valence-electron chi connectivity index (χ1n) is 5.99. The summed E-state index contributed by atoms with van der Waals surface area (Å²) in [4.78, 5) is 4.04. The van der Waals surface area contributed by atoms with Gasteiger partial charge in [-0.1, -0.05) is 19.8 Å². The average molecular weight is 208 g/mol. The Bertz CT molecular complexity index is 270. The summed E-state index contributed by atoms with van der Waals surface area (Å²) in [7, 11) is 0. The Balaban J connectivity index is 1.99. The Labute approximate surface area is 91.1 Å². The molecule has 2 unspecified atom stereocenters. The molecule has 0 aromatic carbocycles. The Morgan fingerprint density at radius 2 is 2.27 bits per heavy atom. The third-order valence-corrected chi connectivity index (χ3v) is 3.16. The van der Waals surface area contributed by atoms with Crippen molar-refractivity contribution in [2.45, 2.75) is 51.1 Å². The van der Waals surface area contributed by atoms with E-state index in [4.69, 9.17) is 0 Å². The van der Waals surface area contributed by atoms with Gasteiger partial charge in [-0.3, -0.25) is 0 Å². The first-order chi connectivity index (χ1) is 7.42. The van der Waals surface area contributed by atoms with Crippen LogP contribution in [0.3, 0.4) is 0 Å². The van der Waals surface area contributed by atoms with Crippen LogP contribution in [0, 0.1) is 0 Å². The number of hydrogen-bond acceptors (Lipinski definition) is 3. The zero-order valence-corrected chi connectivity index (χ0v) is 9.39. The van der Waals surface area contributed by atoms with Crippen LogP contribution >= 0.6 is 0 Å². The monoisotopic (exact) mass is 208 g/mol. The molecule has 0 aliphatic heterocycles. The van der Waals surface area contributed by atoms with E-state index in [1.807, 2.05) is 11.0 Å². The highest BCUT2D eigenvalue weighted by Gasteiger charge is 2.26. The van der Waals surface area contributed by atoms with Gasteiger partial charge in [0, 0.05) is 6.04 Å². The predicted molar refractivity (Wildman–Crippen MR) is 59.6 cm³/mol. The molecule has 0 saturated heterocycles.